The van der Waals surface area contributed by atoms with Gasteiger partial charge < -0.3 is 0 Å². The zero-order valence-electron chi connectivity index (χ0n) is 10.8. The predicted octanol–water partition coefficient (Wildman–Crippen LogP) is 4.68. The molecule has 0 aliphatic rings. The lowest BCUT2D eigenvalue weighted by Gasteiger charge is -2.07. The third-order valence-electron chi connectivity index (χ3n) is 3.13. The van der Waals surface area contributed by atoms with E-state index in [2.05, 4.69) is 9.97 Å². The largest absolute Gasteiger partial charge is 0.228 e. The van der Waals surface area contributed by atoms with E-state index < -0.39 is 17.5 Å². The lowest BCUT2D eigenvalue weighted by atomic mass is 10.1. The van der Waals surface area contributed by atoms with Crippen LogP contribution in [0.3, 0.4) is 0 Å². The molecule has 3 aromatic rings. The fourth-order valence-electron chi connectivity index (χ4n) is 2.12. The Kier molecular flexibility index (Phi) is 3.29. The number of halogens is 4. The molecular formula is C15H8ClF3N2. The second-order valence-electron chi connectivity index (χ2n) is 4.56. The van der Waals surface area contributed by atoms with Crippen molar-refractivity contribution in [2.45, 2.75) is 6.92 Å². The molecule has 0 N–H and O–H groups in total. The molecule has 0 atom stereocenters. The van der Waals surface area contributed by atoms with Crippen LogP contribution in [0.4, 0.5) is 13.2 Å². The van der Waals surface area contributed by atoms with Gasteiger partial charge >= 0.3 is 0 Å². The van der Waals surface area contributed by atoms with E-state index in [-0.39, 0.29) is 16.5 Å². The SMILES string of the molecule is Cc1cccc2nc(-c3cc(F)c(F)c(F)c3)nc(Cl)c12. The maximum atomic E-state index is 13.3. The van der Waals surface area contributed by atoms with Crippen molar-refractivity contribution >= 4 is 22.5 Å². The number of benzene rings is 2. The van der Waals surface area contributed by atoms with Crippen molar-refractivity contribution in [3.05, 3.63) is 58.5 Å². The first-order chi connectivity index (χ1) is 9.97. The van der Waals surface area contributed by atoms with Crippen molar-refractivity contribution in [3.63, 3.8) is 0 Å². The summed E-state index contributed by atoms with van der Waals surface area (Å²) in [5.74, 6) is -4.08. The lowest BCUT2D eigenvalue weighted by molar-refractivity contribution is 0.447. The number of nitrogens with zero attached hydrogens (tertiary/aromatic N) is 2. The summed E-state index contributed by atoms with van der Waals surface area (Å²) in [5.41, 5.74) is 1.47. The van der Waals surface area contributed by atoms with Crippen LogP contribution in [0.15, 0.2) is 30.3 Å². The smallest absolute Gasteiger partial charge is 0.194 e. The number of fused-ring (bicyclic) bond motifs is 1. The Morgan fingerprint density at radius 1 is 1.00 bits per heavy atom. The molecule has 0 aliphatic carbocycles. The molecule has 2 aromatic carbocycles. The summed E-state index contributed by atoms with van der Waals surface area (Å²) in [6, 6.07) is 7.04. The van der Waals surface area contributed by atoms with Crippen LogP contribution in [-0.4, -0.2) is 9.97 Å². The first-order valence-electron chi connectivity index (χ1n) is 6.05. The molecule has 3 rings (SSSR count). The van der Waals surface area contributed by atoms with Gasteiger partial charge in [0.05, 0.1) is 5.52 Å². The van der Waals surface area contributed by atoms with Crippen LogP contribution in [-0.2, 0) is 0 Å². The van der Waals surface area contributed by atoms with E-state index in [1.807, 2.05) is 13.0 Å². The molecule has 21 heavy (non-hydrogen) atoms. The fraction of sp³-hybridized carbons (Fsp3) is 0.0667. The molecular weight excluding hydrogens is 301 g/mol. The Morgan fingerprint density at radius 3 is 2.33 bits per heavy atom. The molecule has 0 spiro atoms. The van der Waals surface area contributed by atoms with Crippen LogP contribution >= 0.6 is 11.6 Å². The number of hydrogen-bond donors (Lipinski definition) is 0. The molecule has 0 saturated carbocycles. The van der Waals surface area contributed by atoms with Gasteiger partial charge in [-0.25, -0.2) is 23.1 Å². The van der Waals surface area contributed by atoms with Crippen LogP contribution in [0, 0.1) is 24.4 Å². The maximum absolute atomic E-state index is 13.3. The quantitative estimate of drug-likeness (QED) is 0.482. The van der Waals surface area contributed by atoms with Crippen LogP contribution in [0.1, 0.15) is 5.56 Å². The Bertz CT molecular complexity index is 842. The number of hydrogen-bond acceptors (Lipinski definition) is 2. The maximum Gasteiger partial charge on any atom is 0.194 e. The van der Waals surface area contributed by atoms with E-state index in [9.17, 15) is 13.2 Å². The summed E-state index contributed by atoms with van der Waals surface area (Å²) >= 11 is 6.12. The normalized spacial score (nSPS) is 11.1. The molecule has 0 aliphatic heterocycles. The van der Waals surface area contributed by atoms with E-state index >= 15 is 0 Å². The van der Waals surface area contributed by atoms with E-state index in [1.54, 1.807) is 12.1 Å². The third kappa shape index (κ3) is 2.34. The van der Waals surface area contributed by atoms with Gasteiger partial charge in [-0.3, -0.25) is 0 Å². The summed E-state index contributed by atoms with van der Waals surface area (Å²) in [5, 5.41) is 0.851. The minimum absolute atomic E-state index is 0.0247. The van der Waals surface area contributed by atoms with Gasteiger partial charge in [0.15, 0.2) is 23.3 Å². The molecule has 1 heterocycles. The minimum Gasteiger partial charge on any atom is -0.228 e. The molecule has 0 bridgehead atoms. The van der Waals surface area contributed by atoms with Gasteiger partial charge in [-0.05, 0) is 30.7 Å². The molecule has 106 valence electrons. The molecule has 0 amide bonds. The highest BCUT2D eigenvalue weighted by Crippen LogP contribution is 2.28. The van der Waals surface area contributed by atoms with Crippen LogP contribution in [0.2, 0.25) is 5.15 Å². The second kappa shape index (κ2) is 5.00. The summed E-state index contributed by atoms with van der Waals surface area (Å²) in [6.07, 6.45) is 0. The van der Waals surface area contributed by atoms with Crippen molar-refractivity contribution in [1.82, 2.24) is 9.97 Å². The highest BCUT2D eigenvalue weighted by molar-refractivity contribution is 6.34. The molecule has 1 aromatic heterocycles. The number of aryl methyl sites for hydroxylation is 1. The Balaban J connectivity index is 2.27. The molecule has 0 radical (unpaired) electrons. The summed E-state index contributed by atoms with van der Waals surface area (Å²) in [6.45, 7) is 1.86. The van der Waals surface area contributed by atoms with Crippen molar-refractivity contribution < 1.29 is 13.2 Å². The van der Waals surface area contributed by atoms with Crippen molar-refractivity contribution in [2.75, 3.05) is 0 Å². The summed E-state index contributed by atoms with van der Waals surface area (Å²) < 4.78 is 39.6. The van der Waals surface area contributed by atoms with Crippen LogP contribution in [0.25, 0.3) is 22.3 Å². The predicted molar refractivity (Wildman–Crippen MR) is 74.6 cm³/mol. The van der Waals surface area contributed by atoms with Gasteiger partial charge in [0.2, 0.25) is 0 Å². The topological polar surface area (TPSA) is 25.8 Å². The molecule has 6 heteroatoms. The Hall–Kier alpha value is -2.14. The van der Waals surface area contributed by atoms with E-state index in [1.165, 1.54) is 0 Å². The lowest BCUT2D eigenvalue weighted by Crippen LogP contribution is -1.97. The molecule has 0 saturated heterocycles. The van der Waals surface area contributed by atoms with Crippen molar-refractivity contribution in [1.29, 1.82) is 0 Å². The summed E-state index contributed by atoms with van der Waals surface area (Å²) in [7, 11) is 0. The van der Waals surface area contributed by atoms with Gasteiger partial charge in [-0.2, -0.15) is 0 Å². The Labute approximate surface area is 123 Å². The minimum atomic E-state index is -1.53. The Morgan fingerprint density at radius 2 is 1.67 bits per heavy atom. The van der Waals surface area contributed by atoms with Gasteiger partial charge in [-0.1, -0.05) is 23.7 Å². The molecule has 2 nitrogen and oxygen atoms in total. The number of rotatable bonds is 1. The number of aromatic nitrogens is 2. The van der Waals surface area contributed by atoms with Gasteiger partial charge in [0.1, 0.15) is 5.15 Å². The highest BCUT2D eigenvalue weighted by Gasteiger charge is 2.15. The fourth-order valence-corrected chi connectivity index (χ4v) is 2.44. The van der Waals surface area contributed by atoms with E-state index in [4.69, 9.17) is 11.6 Å². The zero-order chi connectivity index (χ0) is 15.1. The monoisotopic (exact) mass is 308 g/mol. The van der Waals surface area contributed by atoms with E-state index in [0.29, 0.717) is 10.9 Å². The third-order valence-corrected chi connectivity index (χ3v) is 3.40. The zero-order valence-corrected chi connectivity index (χ0v) is 11.5. The van der Waals surface area contributed by atoms with E-state index in [0.717, 1.165) is 17.7 Å². The first-order valence-corrected chi connectivity index (χ1v) is 6.43. The average Bonchev–Trinajstić information content (AvgIpc) is 2.44. The van der Waals surface area contributed by atoms with Gasteiger partial charge in [-0.15, -0.1) is 0 Å². The first kappa shape index (κ1) is 13.8. The average molecular weight is 309 g/mol. The summed E-state index contributed by atoms with van der Waals surface area (Å²) in [4.78, 5) is 8.27. The highest BCUT2D eigenvalue weighted by atomic mass is 35.5. The van der Waals surface area contributed by atoms with Crippen molar-refractivity contribution in [3.8, 4) is 11.4 Å². The van der Waals surface area contributed by atoms with Crippen molar-refractivity contribution in [2.24, 2.45) is 0 Å². The molecule has 0 fully saturated rings. The van der Waals surface area contributed by atoms with Crippen LogP contribution in [0.5, 0.6) is 0 Å². The van der Waals surface area contributed by atoms with Crippen LogP contribution < -0.4 is 0 Å². The second-order valence-corrected chi connectivity index (χ2v) is 4.92. The van der Waals surface area contributed by atoms with Gasteiger partial charge in [0.25, 0.3) is 0 Å². The standard InChI is InChI=1S/C15H8ClF3N2/c1-7-3-2-4-11-12(7)14(16)21-15(20-11)8-5-9(17)13(19)10(18)6-8/h2-6H,1H3. The molecule has 0 unspecified atom stereocenters. The van der Waals surface area contributed by atoms with Gasteiger partial charge in [0, 0.05) is 10.9 Å².